The number of amides is 1. The third-order valence-electron chi connectivity index (χ3n) is 4.09. The Kier molecular flexibility index (Phi) is 4.93. The van der Waals surface area contributed by atoms with E-state index in [1.165, 1.54) is 0 Å². The van der Waals surface area contributed by atoms with E-state index in [2.05, 4.69) is 22.2 Å². The molecule has 0 aliphatic rings. The van der Waals surface area contributed by atoms with Gasteiger partial charge in [-0.25, -0.2) is 4.68 Å². The van der Waals surface area contributed by atoms with Crippen molar-refractivity contribution in [3.63, 3.8) is 0 Å². The van der Waals surface area contributed by atoms with Crippen molar-refractivity contribution in [3.8, 4) is 5.69 Å². The van der Waals surface area contributed by atoms with Crippen molar-refractivity contribution in [1.82, 2.24) is 19.7 Å². The van der Waals surface area contributed by atoms with Crippen LogP contribution in [0.4, 0.5) is 0 Å². The Morgan fingerprint density at radius 3 is 2.60 bits per heavy atom. The van der Waals surface area contributed by atoms with Gasteiger partial charge in [-0.3, -0.25) is 9.78 Å². The quantitative estimate of drug-likeness (QED) is 0.720. The highest BCUT2D eigenvalue weighted by molar-refractivity contribution is 5.78. The molecule has 2 heterocycles. The predicted molar refractivity (Wildman–Crippen MR) is 97.5 cm³/mol. The normalized spacial score (nSPS) is 10.7. The molecule has 128 valence electrons. The molecule has 3 rings (SSSR count). The molecule has 0 unspecified atom stereocenters. The van der Waals surface area contributed by atoms with E-state index in [0.29, 0.717) is 13.0 Å². The van der Waals surface area contributed by atoms with Crippen LogP contribution < -0.4 is 0 Å². The molecule has 0 atom stereocenters. The Morgan fingerprint density at radius 2 is 1.92 bits per heavy atom. The second-order valence-corrected chi connectivity index (χ2v) is 6.30. The number of rotatable bonds is 5. The minimum Gasteiger partial charge on any atom is -0.341 e. The first kappa shape index (κ1) is 16.9. The van der Waals surface area contributed by atoms with Gasteiger partial charge in [0.05, 0.1) is 17.8 Å². The zero-order chi connectivity index (χ0) is 17.8. The highest BCUT2D eigenvalue weighted by atomic mass is 16.2. The summed E-state index contributed by atoms with van der Waals surface area (Å²) in [5.41, 5.74) is 5.10. The fourth-order valence-corrected chi connectivity index (χ4v) is 2.85. The summed E-state index contributed by atoms with van der Waals surface area (Å²) in [5, 5.41) is 4.52. The lowest BCUT2D eigenvalue weighted by atomic mass is 10.1. The maximum Gasteiger partial charge on any atom is 0.227 e. The smallest absolute Gasteiger partial charge is 0.227 e. The summed E-state index contributed by atoms with van der Waals surface area (Å²) in [6.45, 7) is 4.58. The molecule has 0 radical (unpaired) electrons. The van der Waals surface area contributed by atoms with Crippen LogP contribution in [-0.4, -0.2) is 32.6 Å². The number of aromatic nitrogens is 3. The SMILES string of the molecule is Cc1cc(C)n(-c2cccc(CN(C)C(=O)Cc3cccnc3)c2)n1. The summed E-state index contributed by atoms with van der Waals surface area (Å²) in [4.78, 5) is 18.2. The fraction of sp³-hybridized carbons (Fsp3) is 0.250. The van der Waals surface area contributed by atoms with Gasteiger partial charge >= 0.3 is 0 Å². The lowest BCUT2D eigenvalue weighted by Gasteiger charge is -2.18. The lowest BCUT2D eigenvalue weighted by Crippen LogP contribution is -2.27. The van der Waals surface area contributed by atoms with Crippen LogP contribution in [0.25, 0.3) is 5.69 Å². The molecule has 0 bridgehead atoms. The van der Waals surface area contributed by atoms with E-state index in [1.54, 1.807) is 17.3 Å². The van der Waals surface area contributed by atoms with E-state index >= 15 is 0 Å². The molecule has 0 N–H and O–H groups in total. The van der Waals surface area contributed by atoms with Crippen molar-refractivity contribution < 1.29 is 4.79 Å². The topological polar surface area (TPSA) is 51.0 Å². The molecule has 1 amide bonds. The van der Waals surface area contributed by atoms with Crippen LogP contribution in [0.1, 0.15) is 22.5 Å². The molecule has 25 heavy (non-hydrogen) atoms. The fourth-order valence-electron chi connectivity index (χ4n) is 2.85. The largest absolute Gasteiger partial charge is 0.341 e. The first-order valence-electron chi connectivity index (χ1n) is 8.28. The Balaban J connectivity index is 1.71. The average Bonchev–Trinajstić information content (AvgIpc) is 2.94. The van der Waals surface area contributed by atoms with Gasteiger partial charge in [-0.05, 0) is 49.2 Å². The van der Waals surface area contributed by atoms with Crippen LogP contribution >= 0.6 is 0 Å². The molecule has 0 saturated carbocycles. The molecule has 0 fully saturated rings. The molecule has 2 aromatic heterocycles. The van der Waals surface area contributed by atoms with Gasteiger partial charge in [0, 0.05) is 31.7 Å². The summed E-state index contributed by atoms with van der Waals surface area (Å²) < 4.78 is 1.93. The molecule has 0 aliphatic heterocycles. The average molecular weight is 334 g/mol. The Morgan fingerprint density at radius 1 is 1.12 bits per heavy atom. The summed E-state index contributed by atoms with van der Waals surface area (Å²) in [7, 11) is 1.83. The van der Waals surface area contributed by atoms with Gasteiger partial charge in [0.2, 0.25) is 5.91 Å². The van der Waals surface area contributed by atoms with Crippen molar-refractivity contribution in [2.75, 3.05) is 7.05 Å². The van der Waals surface area contributed by atoms with E-state index in [0.717, 1.165) is 28.2 Å². The van der Waals surface area contributed by atoms with Gasteiger partial charge in [0.1, 0.15) is 0 Å². The number of benzene rings is 1. The van der Waals surface area contributed by atoms with Gasteiger partial charge in [0.15, 0.2) is 0 Å². The van der Waals surface area contributed by atoms with Crippen LogP contribution in [0.5, 0.6) is 0 Å². The molecular weight excluding hydrogens is 312 g/mol. The van der Waals surface area contributed by atoms with Gasteiger partial charge in [-0.2, -0.15) is 5.10 Å². The zero-order valence-corrected chi connectivity index (χ0v) is 14.8. The number of carbonyl (C=O) groups is 1. The van der Waals surface area contributed by atoms with Crippen molar-refractivity contribution >= 4 is 5.91 Å². The molecule has 0 spiro atoms. The lowest BCUT2D eigenvalue weighted by molar-refractivity contribution is -0.129. The molecule has 0 aliphatic carbocycles. The first-order chi connectivity index (χ1) is 12.0. The Hall–Kier alpha value is -2.95. The molecule has 0 saturated heterocycles. The second-order valence-electron chi connectivity index (χ2n) is 6.30. The van der Waals surface area contributed by atoms with Crippen molar-refractivity contribution in [1.29, 1.82) is 0 Å². The van der Waals surface area contributed by atoms with E-state index in [-0.39, 0.29) is 5.91 Å². The molecule has 5 nitrogen and oxygen atoms in total. The molecule has 3 aromatic rings. The van der Waals surface area contributed by atoms with Gasteiger partial charge in [-0.1, -0.05) is 18.2 Å². The minimum atomic E-state index is 0.0736. The monoisotopic (exact) mass is 334 g/mol. The maximum absolute atomic E-state index is 12.4. The molecule has 1 aromatic carbocycles. The number of hydrogen-bond donors (Lipinski definition) is 0. The number of aryl methyl sites for hydroxylation is 2. The zero-order valence-electron chi connectivity index (χ0n) is 14.8. The van der Waals surface area contributed by atoms with Crippen LogP contribution in [0.2, 0.25) is 0 Å². The van der Waals surface area contributed by atoms with E-state index in [1.807, 2.05) is 55.9 Å². The minimum absolute atomic E-state index is 0.0736. The third kappa shape index (κ3) is 4.12. The van der Waals surface area contributed by atoms with Crippen molar-refractivity contribution in [2.45, 2.75) is 26.8 Å². The predicted octanol–water partition coefficient (Wildman–Crippen LogP) is 3.09. The van der Waals surface area contributed by atoms with Crippen molar-refractivity contribution in [3.05, 3.63) is 77.4 Å². The highest BCUT2D eigenvalue weighted by Crippen LogP contribution is 2.15. The second kappa shape index (κ2) is 7.30. The number of pyridine rings is 1. The summed E-state index contributed by atoms with van der Waals surface area (Å²) in [6, 6.07) is 14.0. The van der Waals surface area contributed by atoms with Gasteiger partial charge < -0.3 is 4.90 Å². The number of carbonyl (C=O) groups excluding carboxylic acids is 1. The van der Waals surface area contributed by atoms with Crippen LogP contribution in [-0.2, 0) is 17.8 Å². The molecular formula is C20H22N4O. The number of nitrogens with zero attached hydrogens (tertiary/aromatic N) is 4. The van der Waals surface area contributed by atoms with Crippen LogP contribution in [0.3, 0.4) is 0 Å². The summed E-state index contributed by atoms with van der Waals surface area (Å²) >= 11 is 0. The number of hydrogen-bond acceptors (Lipinski definition) is 3. The van der Waals surface area contributed by atoms with E-state index in [9.17, 15) is 4.79 Å². The molecule has 5 heteroatoms. The Labute approximate surface area is 147 Å². The Bertz CT molecular complexity index is 870. The van der Waals surface area contributed by atoms with Gasteiger partial charge in [0.25, 0.3) is 0 Å². The number of likely N-dealkylation sites (N-methyl/N-ethyl adjacent to an activating group) is 1. The maximum atomic E-state index is 12.4. The van der Waals surface area contributed by atoms with Crippen molar-refractivity contribution in [2.24, 2.45) is 0 Å². The third-order valence-corrected chi connectivity index (χ3v) is 4.09. The summed E-state index contributed by atoms with van der Waals surface area (Å²) in [6.07, 6.45) is 3.80. The van der Waals surface area contributed by atoms with Crippen LogP contribution in [0.15, 0.2) is 54.9 Å². The summed E-state index contributed by atoms with van der Waals surface area (Å²) in [5.74, 6) is 0.0736. The van der Waals surface area contributed by atoms with Crippen LogP contribution in [0, 0.1) is 13.8 Å². The van der Waals surface area contributed by atoms with Gasteiger partial charge in [-0.15, -0.1) is 0 Å². The standard InChI is InChI=1S/C20H22N4O/c1-15-10-16(2)24(22-15)19-8-4-6-18(11-19)14-23(3)20(25)12-17-7-5-9-21-13-17/h4-11,13H,12,14H2,1-3H3. The first-order valence-corrected chi connectivity index (χ1v) is 8.28. The highest BCUT2D eigenvalue weighted by Gasteiger charge is 2.11. The van der Waals surface area contributed by atoms with E-state index < -0.39 is 0 Å². The van der Waals surface area contributed by atoms with E-state index in [4.69, 9.17) is 0 Å².